The van der Waals surface area contributed by atoms with Crippen molar-refractivity contribution in [1.29, 1.82) is 0 Å². The topological polar surface area (TPSA) is 61.4 Å². The molecule has 3 rings (SSSR count). The standard InChI is InChI=1S/C19H27N3O2/c1-14(15-6-5-10-20-13-15)12-18(23)21-17-9-11-22(19(17)24)16-7-3-2-4-8-16/h2-4,7-8,14-15,17,20H,5-6,9-13H2,1H3,(H,21,23). The van der Waals surface area contributed by atoms with Gasteiger partial charge in [-0.3, -0.25) is 9.59 Å². The molecular weight excluding hydrogens is 302 g/mol. The molecule has 24 heavy (non-hydrogen) atoms. The second-order valence-electron chi connectivity index (χ2n) is 7.02. The van der Waals surface area contributed by atoms with Gasteiger partial charge in [-0.05, 0) is 56.3 Å². The third-order valence-electron chi connectivity index (χ3n) is 5.26. The van der Waals surface area contributed by atoms with Crippen LogP contribution >= 0.6 is 0 Å². The first-order valence-corrected chi connectivity index (χ1v) is 9.01. The minimum Gasteiger partial charge on any atom is -0.344 e. The number of carbonyl (C=O) groups excluding carboxylic acids is 2. The maximum Gasteiger partial charge on any atom is 0.249 e. The molecule has 5 heteroatoms. The smallest absolute Gasteiger partial charge is 0.249 e. The molecule has 2 fully saturated rings. The Hall–Kier alpha value is -1.88. The maximum absolute atomic E-state index is 12.5. The van der Waals surface area contributed by atoms with Gasteiger partial charge >= 0.3 is 0 Å². The summed E-state index contributed by atoms with van der Waals surface area (Å²) in [4.78, 5) is 26.6. The molecule has 5 nitrogen and oxygen atoms in total. The number of nitrogens with zero attached hydrogens (tertiary/aromatic N) is 1. The fourth-order valence-corrected chi connectivity index (χ4v) is 3.75. The van der Waals surface area contributed by atoms with Gasteiger partial charge in [-0.2, -0.15) is 0 Å². The quantitative estimate of drug-likeness (QED) is 0.868. The second kappa shape index (κ2) is 7.79. The van der Waals surface area contributed by atoms with Crippen LogP contribution in [0.15, 0.2) is 30.3 Å². The van der Waals surface area contributed by atoms with E-state index < -0.39 is 0 Å². The number of amides is 2. The zero-order valence-corrected chi connectivity index (χ0v) is 14.3. The van der Waals surface area contributed by atoms with E-state index in [-0.39, 0.29) is 17.9 Å². The van der Waals surface area contributed by atoms with Gasteiger partial charge in [0.25, 0.3) is 0 Å². The van der Waals surface area contributed by atoms with E-state index in [4.69, 9.17) is 0 Å². The van der Waals surface area contributed by atoms with Crippen LogP contribution in [0.1, 0.15) is 32.6 Å². The molecule has 3 atom stereocenters. The number of hydrogen-bond acceptors (Lipinski definition) is 3. The fraction of sp³-hybridized carbons (Fsp3) is 0.579. The second-order valence-corrected chi connectivity index (χ2v) is 7.02. The lowest BCUT2D eigenvalue weighted by Crippen LogP contribution is -2.43. The molecule has 130 valence electrons. The molecule has 0 aliphatic carbocycles. The molecule has 2 amide bonds. The van der Waals surface area contributed by atoms with Crippen LogP contribution in [0.5, 0.6) is 0 Å². The summed E-state index contributed by atoms with van der Waals surface area (Å²) in [6.45, 7) is 4.89. The minimum atomic E-state index is -0.380. The third kappa shape index (κ3) is 3.96. The number of anilines is 1. The lowest BCUT2D eigenvalue weighted by Gasteiger charge is -2.28. The summed E-state index contributed by atoms with van der Waals surface area (Å²) in [6, 6.07) is 9.27. The van der Waals surface area contributed by atoms with Crippen LogP contribution in [-0.4, -0.2) is 37.5 Å². The van der Waals surface area contributed by atoms with Crippen LogP contribution in [-0.2, 0) is 9.59 Å². The SMILES string of the molecule is CC(CC(=O)NC1CCN(c2ccccc2)C1=O)C1CCCNC1. The molecule has 1 aromatic carbocycles. The van der Waals surface area contributed by atoms with Crippen molar-refractivity contribution in [2.75, 3.05) is 24.5 Å². The summed E-state index contributed by atoms with van der Waals surface area (Å²) in [5, 5.41) is 6.35. The normalized spacial score (nSPS) is 25.5. The van der Waals surface area contributed by atoms with Crippen molar-refractivity contribution in [2.24, 2.45) is 11.8 Å². The average Bonchev–Trinajstić information content (AvgIpc) is 2.97. The lowest BCUT2D eigenvalue weighted by atomic mass is 9.85. The Balaban J connectivity index is 1.51. The Morgan fingerprint density at radius 1 is 1.33 bits per heavy atom. The van der Waals surface area contributed by atoms with E-state index >= 15 is 0 Å². The van der Waals surface area contributed by atoms with Gasteiger partial charge in [-0.25, -0.2) is 0 Å². The molecule has 2 N–H and O–H groups in total. The Morgan fingerprint density at radius 2 is 2.12 bits per heavy atom. The first kappa shape index (κ1) is 17.0. The van der Waals surface area contributed by atoms with Crippen LogP contribution in [0.3, 0.4) is 0 Å². The third-order valence-corrected chi connectivity index (χ3v) is 5.26. The summed E-state index contributed by atoms with van der Waals surface area (Å²) in [5.74, 6) is 0.909. The number of rotatable bonds is 5. The van der Waals surface area contributed by atoms with Gasteiger partial charge in [0.1, 0.15) is 6.04 Å². The van der Waals surface area contributed by atoms with Crippen LogP contribution < -0.4 is 15.5 Å². The highest BCUT2D eigenvalue weighted by Crippen LogP contribution is 2.24. The van der Waals surface area contributed by atoms with Crippen LogP contribution in [0.2, 0.25) is 0 Å². The number of piperidine rings is 1. The van der Waals surface area contributed by atoms with Gasteiger partial charge < -0.3 is 15.5 Å². The number of nitrogens with one attached hydrogen (secondary N) is 2. The number of para-hydroxylation sites is 1. The zero-order valence-electron chi connectivity index (χ0n) is 14.3. The Kier molecular flexibility index (Phi) is 5.51. The Bertz CT molecular complexity index is 569. The van der Waals surface area contributed by atoms with Gasteiger partial charge in [0.2, 0.25) is 11.8 Å². The van der Waals surface area contributed by atoms with Crippen LogP contribution in [0, 0.1) is 11.8 Å². The fourth-order valence-electron chi connectivity index (χ4n) is 3.75. The molecule has 0 radical (unpaired) electrons. The van der Waals surface area contributed by atoms with Crippen molar-refractivity contribution in [3.63, 3.8) is 0 Å². The molecule has 1 aromatic rings. The molecule has 2 aliphatic rings. The Labute approximate surface area is 143 Å². The molecule has 3 unspecified atom stereocenters. The minimum absolute atomic E-state index is 0.00124. The van der Waals surface area contributed by atoms with Crippen LogP contribution in [0.25, 0.3) is 0 Å². The van der Waals surface area contributed by atoms with E-state index in [0.29, 0.717) is 31.2 Å². The van der Waals surface area contributed by atoms with Crippen molar-refractivity contribution in [3.05, 3.63) is 30.3 Å². The largest absolute Gasteiger partial charge is 0.344 e. The predicted octanol–water partition coefficient (Wildman–Crippen LogP) is 1.93. The zero-order chi connectivity index (χ0) is 16.9. The van der Waals surface area contributed by atoms with E-state index in [1.165, 1.54) is 12.8 Å². The number of benzene rings is 1. The van der Waals surface area contributed by atoms with E-state index in [2.05, 4.69) is 17.6 Å². The summed E-state index contributed by atoms with van der Waals surface area (Å²) < 4.78 is 0. The summed E-state index contributed by atoms with van der Waals surface area (Å²) in [5.41, 5.74) is 0.904. The molecule has 2 heterocycles. The van der Waals surface area contributed by atoms with Gasteiger partial charge in [-0.15, -0.1) is 0 Å². The van der Waals surface area contributed by atoms with Gasteiger partial charge in [0, 0.05) is 18.7 Å². The van der Waals surface area contributed by atoms with Gasteiger partial charge in [0.15, 0.2) is 0 Å². The lowest BCUT2D eigenvalue weighted by molar-refractivity contribution is -0.127. The van der Waals surface area contributed by atoms with E-state index in [9.17, 15) is 9.59 Å². The molecule has 2 aliphatic heterocycles. The highest BCUT2D eigenvalue weighted by molar-refractivity contribution is 6.01. The Morgan fingerprint density at radius 3 is 2.83 bits per heavy atom. The van der Waals surface area contributed by atoms with Crippen molar-refractivity contribution in [3.8, 4) is 0 Å². The monoisotopic (exact) mass is 329 g/mol. The van der Waals surface area contributed by atoms with E-state index in [0.717, 1.165) is 18.8 Å². The summed E-state index contributed by atoms with van der Waals surface area (Å²) >= 11 is 0. The van der Waals surface area contributed by atoms with Crippen LogP contribution in [0.4, 0.5) is 5.69 Å². The van der Waals surface area contributed by atoms with Crippen molar-refractivity contribution >= 4 is 17.5 Å². The summed E-state index contributed by atoms with van der Waals surface area (Å²) in [6.07, 6.45) is 3.55. The molecule has 0 saturated carbocycles. The first-order chi connectivity index (χ1) is 11.6. The molecule has 2 saturated heterocycles. The predicted molar refractivity (Wildman–Crippen MR) is 94.7 cm³/mol. The number of carbonyl (C=O) groups is 2. The highest BCUT2D eigenvalue weighted by Gasteiger charge is 2.34. The molecule has 0 bridgehead atoms. The summed E-state index contributed by atoms with van der Waals surface area (Å²) in [7, 11) is 0. The van der Waals surface area contributed by atoms with Gasteiger partial charge in [0.05, 0.1) is 0 Å². The van der Waals surface area contributed by atoms with Crippen molar-refractivity contribution in [2.45, 2.75) is 38.6 Å². The first-order valence-electron chi connectivity index (χ1n) is 9.01. The van der Waals surface area contributed by atoms with E-state index in [1.807, 2.05) is 30.3 Å². The van der Waals surface area contributed by atoms with Gasteiger partial charge in [-0.1, -0.05) is 25.1 Å². The van der Waals surface area contributed by atoms with E-state index in [1.54, 1.807) is 4.90 Å². The number of hydrogen-bond donors (Lipinski definition) is 2. The molecule has 0 spiro atoms. The highest BCUT2D eigenvalue weighted by atomic mass is 16.2. The molecular formula is C19H27N3O2. The average molecular weight is 329 g/mol. The van der Waals surface area contributed by atoms with Crippen molar-refractivity contribution < 1.29 is 9.59 Å². The maximum atomic E-state index is 12.5. The van der Waals surface area contributed by atoms with Crippen molar-refractivity contribution in [1.82, 2.24) is 10.6 Å². The molecule has 0 aromatic heterocycles.